The maximum Gasteiger partial charge on any atom is 0.279 e. The molecule has 0 spiro atoms. The number of nitrogens with zero attached hydrogens (tertiary/aromatic N) is 1. The molecule has 0 fully saturated rings. The van der Waals surface area contributed by atoms with Crippen molar-refractivity contribution >= 4 is 29.1 Å². The minimum atomic E-state index is -0.270. The third-order valence-electron chi connectivity index (χ3n) is 4.81. The summed E-state index contributed by atoms with van der Waals surface area (Å²) >= 11 is 0. The number of anilines is 2. The van der Waals surface area contributed by atoms with Gasteiger partial charge in [-0.05, 0) is 38.1 Å². The van der Waals surface area contributed by atoms with Gasteiger partial charge >= 0.3 is 0 Å². The first-order valence-electron chi connectivity index (χ1n) is 10.2. The van der Waals surface area contributed by atoms with E-state index in [1.54, 1.807) is 38.4 Å². The molecular formula is C23H31N4O4+. The Bertz CT molecular complexity index is 899. The average Bonchev–Trinajstić information content (AvgIpc) is 2.74. The molecule has 2 aromatic rings. The molecular weight excluding hydrogens is 396 g/mol. The van der Waals surface area contributed by atoms with E-state index in [2.05, 4.69) is 10.6 Å². The van der Waals surface area contributed by atoms with Crippen LogP contribution in [0.5, 0.6) is 5.75 Å². The van der Waals surface area contributed by atoms with Crippen LogP contribution in [0.1, 0.15) is 12.5 Å². The second-order valence-corrected chi connectivity index (χ2v) is 7.40. The summed E-state index contributed by atoms with van der Waals surface area (Å²) in [6.45, 7) is 4.68. The predicted molar refractivity (Wildman–Crippen MR) is 120 cm³/mol. The SMILES string of the molecule is CC[NH+](CC(=O)Nc1cccc(OC)c1)CC(=O)N(C)CC(=O)Nc1ccc(C)cc1. The van der Waals surface area contributed by atoms with Crippen LogP contribution in [0.15, 0.2) is 48.5 Å². The van der Waals surface area contributed by atoms with Crippen molar-refractivity contribution in [1.29, 1.82) is 0 Å². The van der Waals surface area contributed by atoms with E-state index in [0.29, 0.717) is 23.7 Å². The van der Waals surface area contributed by atoms with Gasteiger partial charge in [-0.2, -0.15) is 0 Å². The predicted octanol–water partition coefficient (Wildman–Crippen LogP) is 0.944. The number of likely N-dealkylation sites (N-methyl/N-ethyl adjacent to an activating group) is 2. The van der Waals surface area contributed by atoms with Crippen molar-refractivity contribution in [2.45, 2.75) is 13.8 Å². The van der Waals surface area contributed by atoms with Crippen LogP contribution in [0.3, 0.4) is 0 Å². The van der Waals surface area contributed by atoms with Crippen LogP contribution in [-0.4, -0.2) is 63.0 Å². The molecule has 1 unspecified atom stereocenters. The van der Waals surface area contributed by atoms with Gasteiger partial charge in [0.25, 0.3) is 11.8 Å². The number of aryl methyl sites for hydroxylation is 1. The number of quaternary nitrogens is 1. The Morgan fingerprint density at radius 3 is 2.29 bits per heavy atom. The molecule has 166 valence electrons. The largest absolute Gasteiger partial charge is 0.497 e. The first-order valence-corrected chi connectivity index (χ1v) is 10.2. The number of benzene rings is 2. The van der Waals surface area contributed by atoms with Gasteiger partial charge < -0.3 is 25.2 Å². The Morgan fingerprint density at radius 2 is 1.65 bits per heavy atom. The van der Waals surface area contributed by atoms with Crippen molar-refractivity contribution in [3.63, 3.8) is 0 Å². The van der Waals surface area contributed by atoms with E-state index >= 15 is 0 Å². The second-order valence-electron chi connectivity index (χ2n) is 7.40. The lowest BCUT2D eigenvalue weighted by Gasteiger charge is -2.21. The molecule has 1 atom stereocenters. The van der Waals surface area contributed by atoms with Gasteiger partial charge in [0.1, 0.15) is 5.75 Å². The number of hydrogen-bond donors (Lipinski definition) is 3. The Balaban J connectivity index is 1.82. The first-order chi connectivity index (χ1) is 14.8. The van der Waals surface area contributed by atoms with Crippen LogP contribution in [0.25, 0.3) is 0 Å². The number of nitrogens with one attached hydrogen (secondary N) is 3. The molecule has 8 heteroatoms. The Labute approximate surface area is 183 Å². The molecule has 0 aliphatic rings. The van der Waals surface area contributed by atoms with Crippen molar-refractivity contribution < 1.29 is 24.0 Å². The van der Waals surface area contributed by atoms with Gasteiger partial charge in [0.05, 0.1) is 20.2 Å². The van der Waals surface area contributed by atoms with Gasteiger partial charge in [-0.25, -0.2) is 0 Å². The quantitative estimate of drug-likeness (QED) is 0.526. The van der Waals surface area contributed by atoms with Crippen molar-refractivity contribution in [2.24, 2.45) is 0 Å². The smallest absolute Gasteiger partial charge is 0.279 e. The Hall–Kier alpha value is -3.39. The topological polar surface area (TPSA) is 92.2 Å². The van der Waals surface area contributed by atoms with Gasteiger partial charge in [0, 0.05) is 24.5 Å². The fourth-order valence-corrected chi connectivity index (χ4v) is 2.94. The summed E-state index contributed by atoms with van der Waals surface area (Å²) in [5, 5.41) is 5.60. The molecule has 8 nitrogen and oxygen atoms in total. The molecule has 3 N–H and O–H groups in total. The van der Waals surface area contributed by atoms with Crippen LogP contribution >= 0.6 is 0 Å². The highest BCUT2D eigenvalue weighted by atomic mass is 16.5. The number of hydrogen-bond acceptors (Lipinski definition) is 4. The molecule has 0 saturated heterocycles. The highest BCUT2D eigenvalue weighted by Crippen LogP contribution is 2.16. The van der Waals surface area contributed by atoms with E-state index in [1.165, 1.54) is 4.90 Å². The standard InChI is InChI=1S/C23H30N4O4/c1-5-27(15-22(29)25-19-7-6-8-20(13-19)31-4)16-23(30)26(3)14-21(28)24-18-11-9-17(2)10-12-18/h6-13H,5,14-16H2,1-4H3,(H,24,28)(H,25,29)/p+1. The Kier molecular flexibility index (Phi) is 9.02. The molecule has 2 aromatic carbocycles. The fourth-order valence-electron chi connectivity index (χ4n) is 2.94. The van der Waals surface area contributed by atoms with E-state index in [1.807, 2.05) is 38.1 Å². The third kappa shape index (κ3) is 8.10. The van der Waals surface area contributed by atoms with Crippen LogP contribution in [0, 0.1) is 6.92 Å². The van der Waals surface area contributed by atoms with E-state index in [-0.39, 0.29) is 37.4 Å². The lowest BCUT2D eigenvalue weighted by atomic mass is 10.2. The summed E-state index contributed by atoms with van der Waals surface area (Å²) in [6.07, 6.45) is 0. The second kappa shape index (κ2) is 11.7. The monoisotopic (exact) mass is 427 g/mol. The molecule has 0 aromatic heterocycles. The van der Waals surface area contributed by atoms with E-state index in [0.717, 1.165) is 10.5 Å². The summed E-state index contributed by atoms with van der Waals surface area (Å²) in [4.78, 5) is 39.3. The molecule has 0 saturated carbocycles. The number of rotatable bonds is 10. The maximum atomic E-state index is 12.5. The van der Waals surface area contributed by atoms with Crippen molar-refractivity contribution in [3.8, 4) is 5.75 Å². The summed E-state index contributed by atoms with van der Waals surface area (Å²) in [7, 11) is 3.15. The third-order valence-corrected chi connectivity index (χ3v) is 4.81. The van der Waals surface area contributed by atoms with E-state index in [4.69, 9.17) is 4.74 Å². The minimum Gasteiger partial charge on any atom is -0.497 e. The minimum absolute atomic E-state index is 0.0558. The van der Waals surface area contributed by atoms with Gasteiger partial charge in [-0.1, -0.05) is 23.8 Å². The van der Waals surface area contributed by atoms with Crippen LogP contribution in [0.4, 0.5) is 11.4 Å². The molecule has 31 heavy (non-hydrogen) atoms. The highest BCUT2D eigenvalue weighted by molar-refractivity contribution is 5.94. The van der Waals surface area contributed by atoms with E-state index in [9.17, 15) is 14.4 Å². The van der Waals surface area contributed by atoms with Gasteiger partial charge in [0.2, 0.25) is 5.91 Å². The van der Waals surface area contributed by atoms with Gasteiger partial charge in [0.15, 0.2) is 13.1 Å². The molecule has 0 aliphatic carbocycles. The highest BCUT2D eigenvalue weighted by Gasteiger charge is 2.21. The number of methoxy groups -OCH3 is 1. The summed E-state index contributed by atoms with van der Waals surface area (Å²) in [5.74, 6) is -0.0190. The molecule has 0 heterocycles. The van der Waals surface area contributed by atoms with Crippen LogP contribution in [0.2, 0.25) is 0 Å². The van der Waals surface area contributed by atoms with Crippen molar-refractivity contribution in [1.82, 2.24) is 4.90 Å². The average molecular weight is 428 g/mol. The number of carbonyl (C=O) groups excluding carboxylic acids is 3. The zero-order valence-electron chi connectivity index (χ0n) is 18.5. The molecule has 0 bridgehead atoms. The first kappa shape index (κ1) is 23.9. The number of amides is 3. The fraction of sp³-hybridized carbons (Fsp3) is 0.348. The molecule has 0 radical (unpaired) electrons. The zero-order chi connectivity index (χ0) is 22.8. The number of ether oxygens (including phenoxy) is 1. The molecule has 0 aliphatic heterocycles. The van der Waals surface area contributed by atoms with Crippen LogP contribution in [-0.2, 0) is 14.4 Å². The lowest BCUT2D eigenvalue weighted by Crippen LogP contribution is -3.13. The summed E-state index contributed by atoms with van der Waals surface area (Å²) in [5.41, 5.74) is 2.42. The Morgan fingerprint density at radius 1 is 0.968 bits per heavy atom. The van der Waals surface area contributed by atoms with Gasteiger partial charge in [-0.3, -0.25) is 14.4 Å². The molecule has 3 amide bonds. The van der Waals surface area contributed by atoms with Gasteiger partial charge in [-0.15, -0.1) is 0 Å². The zero-order valence-corrected chi connectivity index (χ0v) is 18.5. The van der Waals surface area contributed by atoms with E-state index < -0.39 is 0 Å². The van der Waals surface area contributed by atoms with Crippen LogP contribution < -0.4 is 20.3 Å². The summed E-state index contributed by atoms with van der Waals surface area (Å²) < 4.78 is 5.15. The van der Waals surface area contributed by atoms with Crippen molar-refractivity contribution in [3.05, 3.63) is 54.1 Å². The lowest BCUT2D eigenvalue weighted by molar-refractivity contribution is -0.881. The van der Waals surface area contributed by atoms with Crippen molar-refractivity contribution in [2.75, 3.05) is 51.0 Å². The molecule has 2 rings (SSSR count). The summed E-state index contributed by atoms with van der Waals surface area (Å²) in [6, 6.07) is 14.5. The normalized spacial score (nSPS) is 11.4. The number of carbonyl (C=O) groups is 3. The maximum absolute atomic E-state index is 12.5.